The molecule has 0 bridgehead atoms. The van der Waals surface area contributed by atoms with Crippen LogP contribution >= 0.6 is 15.9 Å². The Morgan fingerprint density at radius 1 is 1.25 bits per heavy atom. The van der Waals surface area contributed by atoms with Gasteiger partial charge in [0.15, 0.2) is 9.84 Å². The molecule has 0 aliphatic rings. The summed E-state index contributed by atoms with van der Waals surface area (Å²) < 4.78 is 34.5. The average Bonchev–Trinajstić information content (AvgIpc) is 2.05. The molecule has 5 heteroatoms. The predicted molar refractivity (Wildman–Crippen MR) is 47.4 cm³/mol. The lowest BCUT2D eigenvalue weighted by atomic mass is 10.4. The first-order valence-corrected chi connectivity index (χ1v) is 5.88. The number of hydrogen-bond acceptors (Lipinski definition) is 2. The van der Waals surface area contributed by atoms with Crippen molar-refractivity contribution in [3.05, 3.63) is 30.1 Å². The monoisotopic (exact) mass is 252 g/mol. The summed E-state index contributed by atoms with van der Waals surface area (Å²) in [6, 6.07) is 4.73. The van der Waals surface area contributed by atoms with Crippen LogP contribution in [0.1, 0.15) is 0 Å². The van der Waals surface area contributed by atoms with Gasteiger partial charge in [-0.15, -0.1) is 0 Å². The Labute approximate surface area is 78.5 Å². The van der Waals surface area contributed by atoms with Crippen molar-refractivity contribution in [1.29, 1.82) is 0 Å². The molecule has 1 aromatic carbocycles. The van der Waals surface area contributed by atoms with Crippen molar-refractivity contribution in [1.82, 2.24) is 0 Å². The van der Waals surface area contributed by atoms with Gasteiger partial charge in [0.1, 0.15) is 10.5 Å². The van der Waals surface area contributed by atoms with Crippen LogP contribution in [0.2, 0.25) is 0 Å². The third-order valence-corrected chi connectivity index (χ3v) is 4.40. The molecule has 0 heterocycles. The van der Waals surface area contributed by atoms with E-state index in [4.69, 9.17) is 0 Å². The van der Waals surface area contributed by atoms with Crippen LogP contribution in [0.3, 0.4) is 0 Å². The summed E-state index contributed by atoms with van der Waals surface area (Å²) in [6.07, 6.45) is 0. The first-order valence-electron chi connectivity index (χ1n) is 3.10. The van der Waals surface area contributed by atoms with Crippen molar-refractivity contribution in [2.24, 2.45) is 0 Å². The van der Waals surface area contributed by atoms with E-state index in [1.165, 1.54) is 12.1 Å². The van der Waals surface area contributed by atoms with Crippen LogP contribution in [0.25, 0.3) is 0 Å². The summed E-state index contributed by atoms with van der Waals surface area (Å²) in [5.41, 5.74) is 0. The van der Waals surface area contributed by atoms with Gasteiger partial charge in [-0.3, -0.25) is 0 Å². The molecular formula is C7H6BrFO2S. The molecule has 1 aromatic rings. The van der Waals surface area contributed by atoms with Gasteiger partial charge in [0.05, 0.1) is 4.90 Å². The summed E-state index contributed by atoms with van der Waals surface area (Å²) in [6.45, 7) is 0. The summed E-state index contributed by atoms with van der Waals surface area (Å²) >= 11 is 2.84. The molecule has 0 atom stereocenters. The summed E-state index contributed by atoms with van der Waals surface area (Å²) in [5.74, 6) is -0.441. The largest absolute Gasteiger partial charge is 0.223 e. The van der Waals surface area contributed by atoms with E-state index in [9.17, 15) is 12.8 Å². The first kappa shape index (κ1) is 9.67. The van der Waals surface area contributed by atoms with Gasteiger partial charge in [0, 0.05) is 0 Å². The van der Waals surface area contributed by atoms with Gasteiger partial charge < -0.3 is 0 Å². The fourth-order valence-electron chi connectivity index (χ4n) is 0.705. The van der Waals surface area contributed by atoms with Crippen molar-refractivity contribution in [2.45, 2.75) is 4.90 Å². The van der Waals surface area contributed by atoms with Gasteiger partial charge in [-0.1, -0.05) is 15.9 Å². The molecule has 0 amide bonds. The third-order valence-electron chi connectivity index (χ3n) is 1.32. The van der Waals surface area contributed by atoms with Gasteiger partial charge in [-0.2, -0.15) is 0 Å². The molecule has 0 aromatic heterocycles. The summed E-state index contributed by atoms with van der Waals surface area (Å²) in [5, 5.41) is 0. The first-order chi connectivity index (χ1) is 5.56. The normalized spacial score (nSPS) is 11.5. The molecular weight excluding hydrogens is 247 g/mol. The van der Waals surface area contributed by atoms with Crippen LogP contribution in [0.5, 0.6) is 0 Å². The molecule has 0 aliphatic heterocycles. The second kappa shape index (κ2) is 3.53. The lowest BCUT2D eigenvalue weighted by Crippen LogP contribution is -2.00. The van der Waals surface area contributed by atoms with Crippen LogP contribution in [0, 0.1) is 5.82 Å². The Morgan fingerprint density at radius 2 is 1.75 bits per heavy atom. The maximum Gasteiger partial charge on any atom is 0.188 e. The van der Waals surface area contributed by atoms with Crippen LogP contribution in [0.15, 0.2) is 29.2 Å². The number of alkyl halides is 1. The number of benzene rings is 1. The molecule has 0 radical (unpaired) electrons. The van der Waals surface area contributed by atoms with Crippen molar-refractivity contribution in [2.75, 3.05) is 4.66 Å². The van der Waals surface area contributed by atoms with E-state index in [-0.39, 0.29) is 9.56 Å². The Hall–Kier alpha value is -0.420. The van der Waals surface area contributed by atoms with Crippen LogP contribution in [0.4, 0.5) is 4.39 Å². The third kappa shape index (κ3) is 2.04. The zero-order valence-corrected chi connectivity index (χ0v) is 8.40. The quantitative estimate of drug-likeness (QED) is 0.596. The molecule has 12 heavy (non-hydrogen) atoms. The minimum Gasteiger partial charge on any atom is -0.223 e. The molecule has 0 fully saturated rings. The standard InChI is InChI=1S/C7H6BrFO2S/c8-5-12(10,11)7-3-1-6(9)2-4-7/h1-4H,5H2. The lowest BCUT2D eigenvalue weighted by molar-refractivity contribution is 0.599. The highest BCUT2D eigenvalue weighted by molar-refractivity contribution is 9.10. The molecule has 0 unspecified atom stereocenters. The number of halogens is 2. The van der Waals surface area contributed by atoms with E-state index in [0.717, 1.165) is 12.1 Å². The highest BCUT2D eigenvalue weighted by Gasteiger charge is 2.11. The Kier molecular flexibility index (Phi) is 2.85. The molecule has 0 saturated heterocycles. The average molecular weight is 253 g/mol. The molecule has 0 N–H and O–H groups in total. The van der Waals surface area contributed by atoms with Gasteiger partial charge in [0.2, 0.25) is 0 Å². The van der Waals surface area contributed by atoms with Gasteiger partial charge >= 0.3 is 0 Å². The van der Waals surface area contributed by atoms with Crippen molar-refractivity contribution >= 4 is 25.8 Å². The second-order valence-corrected chi connectivity index (χ2v) is 5.47. The Bertz CT molecular complexity index is 357. The fourth-order valence-corrected chi connectivity index (χ4v) is 2.17. The van der Waals surface area contributed by atoms with E-state index < -0.39 is 15.7 Å². The second-order valence-electron chi connectivity index (χ2n) is 2.18. The maximum absolute atomic E-state index is 12.4. The zero-order chi connectivity index (χ0) is 9.19. The van der Waals surface area contributed by atoms with E-state index in [1.54, 1.807) is 0 Å². The molecule has 1 rings (SSSR count). The van der Waals surface area contributed by atoms with Gasteiger partial charge in [-0.25, -0.2) is 12.8 Å². The van der Waals surface area contributed by atoms with Crippen molar-refractivity contribution in [3.63, 3.8) is 0 Å². The Morgan fingerprint density at radius 3 is 2.17 bits per heavy atom. The molecule has 2 nitrogen and oxygen atoms in total. The van der Waals surface area contributed by atoms with E-state index in [1.807, 2.05) is 0 Å². The smallest absolute Gasteiger partial charge is 0.188 e. The summed E-state index contributed by atoms with van der Waals surface area (Å²) in [7, 11) is -3.26. The highest BCUT2D eigenvalue weighted by Crippen LogP contribution is 2.13. The highest BCUT2D eigenvalue weighted by atomic mass is 79.9. The van der Waals surface area contributed by atoms with E-state index in [0.29, 0.717) is 0 Å². The van der Waals surface area contributed by atoms with Gasteiger partial charge in [0.25, 0.3) is 0 Å². The molecule has 66 valence electrons. The molecule has 0 aliphatic carbocycles. The minimum absolute atomic E-state index is 0.126. The molecule has 0 spiro atoms. The number of rotatable bonds is 2. The molecule has 0 saturated carbocycles. The summed E-state index contributed by atoms with van der Waals surface area (Å²) in [4.78, 5) is 0.126. The SMILES string of the molecule is O=S(=O)(CBr)c1ccc(F)cc1. The fraction of sp³-hybridized carbons (Fsp3) is 0.143. The van der Waals surface area contributed by atoms with Crippen LogP contribution in [-0.2, 0) is 9.84 Å². The van der Waals surface area contributed by atoms with Gasteiger partial charge in [-0.05, 0) is 24.3 Å². The topological polar surface area (TPSA) is 34.1 Å². The van der Waals surface area contributed by atoms with Crippen LogP contribution in [-0.4, -0.2) is 13.1 Å². The van der Waals surface area contributed by atoms with Crippen molar-refractivity contribution < 1.29 is 12.8 Å². The number of sulfone groups is 1. The lowest BCUT2D eigenvalue weighted by Gasteiger charge is -1.98. The maximum atomic E-state index is 12.4. The minimum atomic E-state index is -3.26. The van der Waals surface area contributed by atoms with E-state index >= 15 is 0 Å². The Balaban J connectivity index is 3.14. The van der Waals surface area contributed by atoms with Crippen molar-refractivity contribution in [3.8, 4) is 0 Å². The van der Waals surface area contributed by atoms with E-state index in [2.05, 4.69) is 15.9 Å². The predicted octanol–water partition coefficient (Wildman–Crippen LogP) is 1.95. The number of hydrogen-bond donors (Lipinski definition) is 0. The zero-order valence-electron chi connectivity index (χ0n) is 6.00. The van der Waals surface area contributed by atoms with Crippen LogP contribution < -0.4 is 0 Å².